The number of nitrogens with one attached hydrogen (secondary N) is 1. The van der Waals surface area contributed by atoms with Gasteiger partial charge in [0.2, 0.25) is 0 Å². The first-order valence-corrected chi connectivity index (χ1v) is 15.5. The van der Waals surface area contributed by atoms with Crippen LogP contribution in [0.1, 0.15) is 50.7 Å². The van der Waals surface area contributed by atoms with Gasteiger partial charge in [-0.1, -0.05) is 36.4 Å². The molecule has 3 N–H and O–H groups in total. The number of hydrogen-bond donors (Lipinski definition) is 2. The number of anilines is 1. The predicted octanol–water partition coefficient (Wildman–Crippen LogP) is 5.72. The van der Waals surface area contributed by atoms with Gasteiger partial charge in [-0.2, -0.15) is 0 Å². The molecule has 1 aliphatic heterocycles. The van der Waals surface area contributed by atoms with E-state index in [-0.39, 0.29) is 0 Å². The Morgan fingerprint density at radius 2 is 1.81 bits per heavy atom. The Bertz CT molecular complexity index is 1320. The highest BCUT2D eigenvalue weighted by Gasteiger charge is 2.28. The minimum atomic E-state index is 0.300. The molecule has 1 atom stereocenters. The first kappa shape index (κ1) is 33.1. The normalized spacial score (nSPS) is 18.7. The van der Waals surface area contributed by atoms with Gasteiger partial charge in [-0.3, -0.25) is 14.8 Å². The molecule has 1 unspecified atom stereocenters. The molecule has 3 aromatic rings. The first-order valence-electron chi connectivity index (χ1n) is 14.6. The number of piperazine rings is 1. The number of allylic oxidation sites excluding steroid dienone is 1. The Morgan fingerprint density at radius 1 is 1.10 bits per heavy atom. The van der Waals surface area contributed by atoms with Crippen LogP contribution in [0.4, 0.5) is 5.69 Å². The van der Waals surface area contributed by atoms with Crippen molar-refractivity contribution in [3.63, 3.8) is 0 Å². The molecule has 0 bridgehead atoms. The third kappa shape index (κ3) is 9.29. The number of likely N-dealkylation sites (N-methyl/N-ethyl adjacent to an activating group) is 1. The number of hydrogen-bond acceptors (Lipinski definition) is 8. The van der Waals surface area contributed by atoms with Crippen LogP contribution >= 0.6 is 11.3 Å². The van der Waals surface area contributed by atoms with E-state index >= 15 is 0 Å². The second-order valence-corrected chi connectivity index (χ2v) is 11.4. The Hall–Kier alpha value is -3.43. The Balaban J connectivity index is 0.000000414. The van der Waals surface area contributed by atoms with Crippen molar-refractivity contribution in [2.75, 3.05) is 65.7 Å². The fourth-order valence-corrected chi connectivity index (χ4v) is 5.98. The number of benzene rings is 2. The van der Waals surface area contributed by atoms with Crippen LogP contribution in [0.2, 0.25) is 0 Å². The lowest BCUT2D eigenvalue weighted by molar-refractivity contribution is 0.112. The molecular formula is C34H46N6OS. The van der Waals surface area contributed by atoms with Crippen molar-refractivity contribution in [3.05, 3.63) is 98.9 Å². The van der Waals surface area contributed by atoms with Gasteiger partial charge in [0.05, 0.1) is 10.6 Å². The van der Waals surface area contributed by atoms with Crippen LogP contribution in [0.3, 0.4) is 0 Å². The number of rotatable bonds is 8. The van der Waals surface area contributed by atoms with Crippen LogP contribution in [0.25, 0.3) is 0 Å². The number of aliphatic imine (C=N–C) groups is 2. The average molecular weight is 587 g/mol. The molecule has 8 heteroatoms. The number of nitrogens with zero attached hydrogens (tertiary/aromatic N) is 4. The van der Waals surface area contributed by atoms with E-state index in [1.807, 2.05) is 31.6 Å². The topological polar surface area (TPSA) is 86.3 Å². The van der Waals surface area contributed by atoms with Crippen LogP contribution in [0.15, 0.2) is 81.7 Å². The van der Waals surface area contributed by atoms with Gasteiger partial charge in [0.15, 0.2) is 6.29 Å². The molecule has 7 nitrogen and oxygen atoms in total. The largest absolute Gasteiger partial charge is 0.388 e. The molecule has 42 heavy (non-hydrogen) atoms. The molecule has 2 aliphatic rings. The van der Waals surface area contributed by atoms with Crippen molar-refractivity contribution in [3.8, 4) is 0 Å². The SMILES string of the molecule is C=N/C=C1/CC(c2ccc(NC)cc2)c2ccccc2C1=NCCCN1CCN(C)CC1.CN.Cc1csc(C=O)c1. The Labute approximate surface area is 255 Å². The number of aryl methyl sites for hydroxylation is 1. The molecule has 0 radical (unpaired) electrons. The molecule has 224 valence electrons. The summed E-state index contributed by atoms with van der Waals surface area (Å²) in [6, 6.07) is 19.3. The zero-order chi connectivity index (χ0) is 30.3. The van der Waals surface area contributed by atoms with Crippen LogP contribution in [0.5, 0.6) is 0 Å². The van der Waals surface area contributed by atoms with E-state index in [4.69, 9.17) is 4.99 Å². The molecule has 1 aromatic heterocycles. The summed E-state index contributed by atoms with van der Waals surface area (Å²) in [6.07, 6.45) is 4.76. The van der Waals surface area contributed by atoms with E-state index in [1.165, 1.54) is 40.6 Å². The molecule has 1 fully saturated rings. The highest BCUT2D eigenvalue weighted by molar-refractivity contribution is 7.11. The summed E-state index contributed by atoms with van der Waals surface area (Å²) in [5.41, 5.74) is 13.0. The number of aldehydes is 1. The zero-order valence-corrected chi connectivity index (χ0v) is 26.4. The second kappa shape index (κ2) is 17.5. The summed E-state index contributed by atoms with van der Waals surface area (Å²) in [5, 5.41) is 5.17. The van der Waals surface area contributed by atoms with Crippen LogP contribution in [-0.2, 0) is 0 Å². The van der Waals surface area contributed by atoms with Crippen molar-refractivity contribution < 1.29 is 4.79 Å². The van der Waals surface area contributed by atoms with Crippen molar-refractivity contribution in [2.45, 2.75) is 25.7 Å². The van der Waals surface area contributed by atoms with E-state index < -0.39 is 0 Å². The second-order valence-electron chi connectivity index (χ2n) is 10.4. The minimum Gasteiger partial charge on any atom is -0.388 e. The first-order chi connectivity index (χ1) is 20.5. The molecule has 2 aromatic carbocycles. The van der Waals surface area contributed by atoms with Gasteiger partial charge >= 0.3 is 0 Å². The highest BCUT2D eigenvalue weighted by atomic mass is 32.1. The molecule has 0 amide bonds. The Kier molecular flexibility index (Phi) is 13.8. The van der Waals surface area contributed by atoms with E-state index in [2.05, 4.69) is 88.1 Å². The number of carbonyl (C=O) groups excluding carboxylic acids is 1. The van der Waals surface area contributed by atoms with Gasteiger partial charge in [-0.25, -0.2) is 0 Å². The van der Waals surface area contributed by atoms with Crippen molar-refractivity contribution >= 4 is 35.7 Å². The fourth-order valence-electron chi connectivity index (χ4n) is 5.28. The molecule has 0 saturated carbocycles. The number of fused-ring (bicyclic) bond motifs is 1. The zero-order valence-electron chi connectivity index (χ0n) is 25.6. The van der Waals surface area contributed by atoms with E-state index in [1.54, 1.807) is 0 Å². The molecule has 0 spiro atoms. The van der Waals surface area contributed by atoms with Gasteiger partial charge in [0.25, 0.3) is 0 Å². The fraction of sp³-hybridized carbons (Fsp3) is 0.382. The molecular weight excluding hydrogens is 540 g/mol. The van der Waals surface area contributed by atoms with Crippen molar-refractivity contribution in [1.82, 2.24) is 9.80 Å². The van der Waals surface area contributed by atoms with Gasteiger partial charge in [0, 0.05) is 63.1 Å². The van der Waals surface area contributed by atoms with E-state index in [9.17, 15) is 4.79 Å². The minimum absolute atomic E-state index is 0.300. The summed E-state index contributed by atoms with van der Waals surface area (Å²) >= 11 is 1.48. The quantitative estimate of drug-likeness (QED) is 0.200. The predicted molar refractivity (Wildman–Crippen MR) is 181 cm³/mol. The third-order valence-electron chi connectivity index (χ3n) is 7.53. The van der Waals surface area contributed by atoms with Crippen molar-refractivity contribution in [2.24, 2.45) is 15.7 Å². The third-order valence-corrected chi connectivity index (χ3v) is 8.51. The van der Waals surface area contributed by atoms with Gasteiger partial charge < -0.3 is 20.9 Å². The smallest absolute Gasteiger partial charge is 0.160 e. The summed E-state index contributed by atoms with van der Waals surface area (Å²) < 4.78 is 0. The maximum absolute atomic E-state index is 10.0. The lowest BCUT2D eigenvalue weighted by atomic mass is 9.75. The molecule has 1 saturated heterocycles. The van der Waals surface area contributed by atoms with E-state index in [0.717, 1.165) is 80.2 Å². The molecule has 1 aliphatic carbocycles. The summed E-state index contributed by atoms with van der Waals surface area (Å²) in [7, 11) is 5.65. The number of nitrogens with two attached hydrogens (primary N) is 1. The van der Waals surface area contributed by atoms with Crippen LogP contribution in [0, 0.1) is 6.92 Å². The lowest BCUT2D eigenvalue weighted by Crippen LogP contribution is -2.44. The number of thiophene rings is 1. The molecule has 2 heterocycles. The molecule has 5 rings (SSSR count). The summed E-state index contributed by atoms with van der Waals surface area (Å²) in [5.74, 6) is 0.300. The maximum Gasteiger partial charge on any atom is 0.160 e. The monoisotopic (exact) mass is 586 g/mol. The summed E-state index contributed by atoms with van der Waals surface area (Å²) in [6.45, 7) is 12.3. The van der Waals surface area contributed by atoms with Gasteiger partial charge in [-0.05, 0) is 93.0 Å². The highest BCUT2D eigenvalue weighted by Crippen LogP contribution is 2.39. The number of carbonyl (C=O) groups is 1. The Morgan fingerprint density at radius 3 is 2.40 bits per heavy atom. The van der Waals surface area contributed by atoms with Crippen LogP contribution < -0.4 is 11.1 Å². The van der Waals surface area contributed by atoms with E-state index in [0.29, 0.717) is 5.92 Å². The average Bonchev–Trinajstić information content (AvgIpc) is 3.47. The standard InChI is InChI=1S/C27H35N5.C6H6OS.CH5N/c1-28-20-22-19-26(21-9-11-23(29-2)12-10-21)24-7-4-5-8-25(24)27(22)30-13-6-14-32-17-15-31(3)16-18-32;1-5-2-6(3-7)8-4-5;1-2/h4-5,7-12,20,26,29H,1,6,13-19H2,2-3H3;2-4H,1H3;2H2,1H3/b22-20-,30-27?;;. The van der Waals surface area contributed by atoms with Crippen LogP contribution in [-0.4, -0.2) is 88.9 Å². The summed E-state index contributed by atoms with van der Waals surface area (Å²) in [4.78, 5) is 25.0. The lowest BCUT2D eigenvalue weighted by Gasteiger charge is -2.32. The van der Waals surface area contributed by atoms with Gasteiger partial charge in [-0.15, -0.1) is 11.3 Å². The van der Waals surface area contributed by atoms with Gasteiger partial charge in [0.1, 0.15) is 0 Å². The van der Waals surface area contributed by atoms with Crippen molar-refractivity contribution in [1.29, 1.82) is 0 Å². The maximum atomic E-state index is 10.0.